The number of hydrogen-bond donors (Lipinski definition) is 2. The van der Waals surface area contributed by atoms with E-state index in [2.05, 4.69) is 15.3 Å². The summed E-state index contributed by atoms with van der Waals surface area (Å²) < 4.78 is 5.27. The summed E-state index contributed by atoms with van der Waals surface area (Å²) in [5.74, 6) is 0.801. The van der Waals surface area contributed by atoms with E-state index in [1.54, 1.807) is 19.6 Å². The van der Waals surface area contributed by atoms with Crippen molar-refractivity contribution in [2.75, 3.05) is 7.11 Å². The van der Waals surface area contributed by atoms with Gasteiger partial charge in [0.05, 0.1) is 13.4 Å². The Morgan fingerprint density at radius 3 is 3.00 bits per heavy atom. The van der Waals surface area contributed by atoms with Crippen LogP contribution in [-0.4, -0.2) is 17.1 Å². The molecule has 2 rings (SSSR count). The summed E-state index contributed by atoms with van der Waals surface area (Å²) in [7, 11) is 1.64. The van der Waals surface area contributed by atoms with Crippen LogP contribution in [0.1, 0.15) is 11.3 Å². The van der Waals surface area contributed by atoms with Gasteiger partial charge in [-0.1, -0.05) is 17.7 Å². The van der Waals surface area contributed by atoms with Crippen molar-refractivity contribution in [1.29, 1.82) is 0 Å². The first kappa shape index (κ1) is 12.0. The Bertz CT molecular complexity index is 471. The molecule has 0 aliphatic carbocycles. The lowest BCUT2D eigenvalue weighted by molar-refractivity contribution is 0.407. The van der Waals surface area contributed by atoms with E-state index in [0.717, 1.165) is 17.0 Å². The molecule has 0 saturated heterocycles. The maximum Gasteiger partial charge on any atom is 0.124 e. The molecule has 0 bridgehead atoms. The first-order valence-corrected chi connectivity index (χ1v) is 5.68. The Balaban J connectivity index is 1.98. The van der Waals surface area contributed by atoms with Crippen LogP contribution >= 0.6 is 11.6 Å². The summed E-state index contributed by atoms with van der Waals surface area (Å²) >= 11 is 6.13. The highest BCUT2D eigenvalue weighted by molar-refractivity contribution is 6.31. The Morgan fingerprint density at radius 1 is 1.41 bits per heavy atom. The van der Waals surface area contributed by atoms with Crippen LogP contribution in [0.25, 0.3) is 0 Å². The zero-order valence-corrected chi connectivity index (χ0v) is 10.3. The minimum absolute atomic E-state index is 0.655. The number of nitrogens with one attached hydrogen (secondary N) is 2. The molecule has 0 unspecified atom stereocenters. The molecule has 4 nitrogen and oxygen atoms in total. The van der Waals surface area contributed by atoms with Gasteiger partial charge in [-0.25, -0.2) is 4.98 Å². The lowest BCUT2D eigenvalue weighted by Crippen LogP contribution is -2.14. The number of halogens is 1. The van der Waals surface area contributed by atoms with Gasteiger partial charge in [0.25, 0.3) is 0 Å². The van der Waals surface area contributed by atoms with E-state index >= 15 is 0 Å². The fraction of sp³-hybridized carbons (Fsp3) is 0.250. The summed E-state index contributed by atoms with van der Waals surface area (Å²) in [5, 5.41) is 3.99. The van der Waals surface area contributed by atoms with Gasteiger partial charge in [-0.3, -0.25) is 0 Å². The summed E-state index contributed by atoms with van der Waals surface area (Å²) in [6.45, 7) is 1.37. The van der Waals surface area contributed by atoms with Crippen LogP contribution in [0.15, 0.2) is 30.7 Å². The highest BCUT2D eigenvalue weighted by Crippen LogP contribution is 2.25. The van der Waals surface area contributed by atoms with E-state index in [-0.39, 0.29) is 0 Å². The van der Waals surface area contributed by atoms with Crippen molar-refractivity contribution in [3.8, 4) is 5.75 Å². The number of H-pyrrole nitrogens is 1. The van der Waals surface area contributed by atoms with Crippen molar-refractivity contribution in [2.45, 2.75) is 13.1 Å². The molecule has 5 heteroatoms. The molecule has 2 N–H and O–H groups in total. The van der Waals surface area contributed by atoms with Crippen molar-refractivity contribution >= 4 is 11.6 Å². The second-order valence-corrected chi connectivity index (χ2v) is 4.01. The number of aromatic amines is 1. The van der Waals surface area contributed by atoms with Gasteiger partial charge in [0.2, 0.25) is 0 Å². The molecular formula is C12H14ClN3O. The molecule has 0 radical (unpaired) electrons. The van der Waals surface area contributed by atoms with Crippen LogP contribution in [0.3, 0.4) is 0 Å². The topological polar surface area (TPSA) is 49.9 Å². The van der Waals surface area contributed by atoms with E-state index in [4.69, 9.17) is 16.3 Å². The number of methoxy groups -OCH3 is 1. The van der Waals surface area contributed by atoms with E-state index < -0.39 is 0 Å². The van der Waals surface area contributed by atoms with Crippen molar-refractivity contribution in [2.24, 2.45) is 0 Å². The molecule has 1 aromatic heterocycles. The smallest absolute Gasteiger partial charge is 0.124 e. The number of rotatable bonds is 5. The molecule has 2 aromatic rings. The highest BCUT2D eigenvalue weighted by Gasteiger charge is 2.06. The van der Waals surface area contributed by atoms with Crippen LogP contribution < -0.4 is 10.1 Å². The van der Waals surface area contributed by atoms with Gasteiger partial charge >= 0.3 is 0 Å². The number of nitrogens with zero attached hydrogens (tertiary/aromatic N) is 1. The number of imidazole rings is 1. The minimum atomic E-state index is 0.655. The van der Waals surface area contributed by atoms with E-state index in [1.165, 1.54) is 0 Å². The second-order valence-electron chi connectivity index (χ2n) is 3.60. The van der Waals surface area contributed by atoms with E-state index in [1.807, 2.05) is 18.2 Å². The third-order valence-electron chi connectivity index (χ3n) is 2.47. The van der Waals surface area contributed by atoms with Crippen molar-refractivity contribution in [1.82, 2.24) is 15.3 Å². The molecule has 0 aliphatic rings. The quantitative estimate of drug-likeness (QED) is 0.858. The molecule has 17 heavy (non-hydrogen) atoms. The number of ether oxygens (including phenoxy) is 1. The molecule has 0 amide bonds. The molecule has 0 atom stereocenters. The van der Waals surface area contributed by atoms with Crippen molar-refractivity contribution < 1.29 is 4.74 Å². The Morgan fingerprint density at radius 2 is 2.29 bits per heavy atom. The maximum atomic E-state index is 6.13. The summed E-state index contributed by atoms with van der Waals surface area (Å²) in [6.07, 6.45) is 3.45. The predicted molar refractivity (Wildman–Crippen MR) is 67.1 cm³/mol. The minimum Gasteiger partial charge on any atom is -0.496 e. The first-order chi connectivity index (χ1) is 8.31. The van der Waals surface area contributed by atoms with Crippen LogP contribution in [-0.2, 0) is 13.1 Å². The van der Waals surface area contributed by atoms with Gasteiger partial charge in [-0.05, 0) is 12.1 Å². The van der Waals surface area contributed by atoms with Gasteiger partial charge in [0.1, 0.15) is 5.75 Å². The van der Waals surface area contributed by atoms with Crippen LogP contribution in [0.5, 0.6) is 5.75 Å². The molecule has 0 saturated carbocycles. The Labute approximate surface area is 105 Å². The van der Waals surface area contributed by atoms with Crippen LogP contribution in [0, 0.1) is 0 Å². The normalized spacial score (nSPS) is 10.5. The highest BCUT2D eigenvalue weighted by atomic mass is 35.5. The van der Waals surface area contributed by atoms with Gasteiger partial charge in [-0.15, -0.1) is 0 Å². The largest absolute Gasteiger partial charge is 0.496 e. The molecule has 0 spiro atoms. The van der Waals surface area contributed by atoms with E-state index in [0.29, 0.717) is 18.1 Å². The number of aromatic nitrogens is 2. The van der Waals surface area contributed by atoms with Gasteiger partial charge in [-0.2, -0.15) is 0 Å². The van der Waals surface area contributed by atoms with Gasteiger partial charge in [0, 0.05) is 35.6 Å². The van der Waals surface area contributed by atoms with Gasteiger partial charge in [0.15, 0.2) is 0 Å². The predicted octanol–water partition coefficient (Wildman–Crippen LogP) is 2.36. The lowest BCUT2D eigenvalue weighted by Gasteiger charge is -2.10. The molecular weight excluding hydrogens is 238 g/mol. The fourth-order valence-electron chi connectivity index (χ4n) is 1.61. The summed E-state index contributed by atoms with van der Waals surface area (Å²) in [4.78, 5) is 6.98. The monoisotopic (exact) mass is 251 g/mol. The first-order valence-electron chi connectivity index (χ1n) is 5.30. The maximum absolute atomic E-state index is 6.13. The standard InChI is InChI=1S/C12H14ClN3O/c1-17-12-4-2-3-11(13)10(12)7-14-5-9-6-15-8-16-9/h2-4,6,8,14H,5,7H2,1H3,(H,15,16). The van der Waals surface area contributed by atoms with E-state index in [9.17, 15) is 0 Å². The molecule has 0 fully saturated rings. The zero-order valence-electron chi connectivity index (χ0n) is 9.53. The van der Waals surface area contributed by atoms with Crippen molar-refractivity contribution in [3.63, 3.8) is 0 Å². The van der Waals surface area contributed by atoms with Crippen molar-refractivity contribution in [3.05, 3.63) is 47.0 Å². The molecule has 1 aromatic carbocycles. The van der Waals surface area contributed by atoms with Gasteiger partial charge < -0.3 is 15.0 Å². The lowest BCUT2D eigenvalue weighted by atomic mass is 10.2. The number of hydrogen-bond acceptors (Lipinski definition) is 3. The third kappa shape index (κ3) is 2.99. The van der Waals surface area contributed by atoms with Crippen LogP contribution in [0.4, 0.5) is 0 Å². The summed E-state index contributed by atoms with van der Waals surface area (Å²) in [5.41, 5.74) is 2.01. The third-order valence-corrected chi connectivity index (χ3v) is 2.82. The average molecular weight is 252 g/mol. The summed E-state index contributed by atoms with van der Waals surface area (Å²) in [6, 6.07) is 5.63. The average Bonchev–Trinajstić information content (AvgIpc) is 2.84. The Hall–Kier alpha value is -1.52. The SMILES string of the molecule is COc1cccc(Cl)c1CNCc1cnc[nH]1. The second kappa shape index (κ2) is 5.70. The fourth-order valence-corrected chi connectivity index (χ4v) is 1.84. The Kier molecular flexibility index (Phi) is 4.01. The van der Waals surface area contributed by atoms with Crippen LogP contribution in [0.2, 0.25) is 5.02 Å². The molecule has 0 aliphatic heterocycles. The number of benzene rings is 1. The zero-order chi connectivity index (χ0) is 12.1. The molecule has 90 valence electrons. The molecule has 1 heterocycles.